The molecule has 1 N–H and O–H groups in total. The Morgan fingerprint density at radius 2 is 2.00 bits per heavy atom. The van der Waals surface area contributed by atoms with Gasteiger partial charge in [-0.1, -0.05) is 13.8 Å². The Labute approximate surface area is 166 Å². The van der Waals surface area contributed by atoms with E-state index in [4.69, 9.17) is 0 Å². The van der Waals surface area contributed by atoms with E-state index in [9.17, 15) is 18.0 Å². The summed E-state index contributed by atoms with van der Waals surface area (Å²) >= 11 is 0. The monoisotopic (exact) mass is 408 g/mol. The van der Waals surface area contributed by atoms with E-state index in [0.717, 1.165) is 4.68 Å². The number of hydrogen-bond acceptors (Lipinski definition) is 5. The number of anilines is 1. The van der Waals surface area contributed by atoms with Crippen LogP contribution in [0.3, 0.4) is 0 Å². The number of rotatable bonds is 3. The minimum Gasteiger partial charge on any atom is -0.367 e. The number of fused-ring (bicyclic) bond motifs is 1. The summed E-state index contributed by atoms with van der Waals surface area (Å²) in [5.74, 6) is 0.186. The van der Waals surface area contributed by atoms with Gasteiger partial charge >= 0.3 is 6.18 Å². The maximum Gasteiger partial charge on any atom is 0.410 e. The van der Waals surface area contributed by atoms with Gasteiger partial charge in [0.15, 0.2) is 6.04 Å². The summed E-state index contributed by atoms with van der Waals surface area (Å²) in [6.07, 6.45) is 0.522. The summed E-state index contributed by atoms with van der Waals surface area (Å²) in [7, 11) is 0. The first kappa shape index (κ1) is 19.7. The van der Waals surface area contributed by atoms with Gasteiger partial charge in [-0.15, -0.1) is 0 Å². The predicted octanol–water partition coefficient (Wildman–Crippen LogP) is 3.25. The van der Waals surface area contributed by atoms with Crippen LogP contribution in [-0.4, -0.2) is 55.9 Å². The highest BCUT2D eigenvalue weighted by molar-refractivity contribution is 5.93. The van der Waals surface area contributed by atoms with Crippen LogP contribution in [0.1, 0.15) is 54.7 Å². The number of aromatic nitrogens is 4. The summed E-state index contributed by atoms with van der Waals surface area (Å²) in [4.78, 5) is 22.0. The van der Waals surface area contributed by atoms with Crippen LogP contribution in [-0.2, 0) is 0 Å². The van der Waals surface area contributed by atoms with Crippen LogP contribution in [0.4, 0.5) is 19.0 Å². The molecule has 2 aliphatic rings. The number of carbonyl (C=O) groups is 1. The molecule has 156 valence electrons. The third-order valence-corrected chi connectivity index (χ3v) is 5.74. The van der Waals surface area contributed by atoms with E-state index < -0.39 is 12.2 Å². The van der Waals surface area contributed by atoms with Crippen molar-refractivity contribution in [3.63, 3.8) is 0 Å². The summed E-state index contributed by atoms with van der Waals surface area (Å²) < 4.78 is 42.0. The maximum atomic E-state index is 13.6. The number of halogens is 3. The number of amides is 1. The Balaban J connectivity index is 1.55. The molecule has 4 heterocycles. The molecule has 0 aliphatic carbocycles. The van der Waals surface area contributed by atoms with E-state index in [2.05, 4.69) is 20.4 Å². The zero-order chi connectivity index (χ0) is 20.8. The summed E-state index contributed by atoms with van der Waals surface area (Å²) in [6.45, 7) is 4.75. The zero-order valence-corrected chi connectivity index (χ0v) is 16.2. The van der Waals surface area contributed by atoms with Gasteiger partial charge in [0.25, 0.3) is 5.91 Å². The molecule has 0 saturated carbocycles. The van der Waals surface area contributed by atoms with Gasteiger partial charge in [-0.3, -0.25) is 4.79 Å². The average Bonchev–Trinajstić information content (AvgIpc) is 3.33. The molecule has 1 amide bonds. The van der Waals surface area contributed by atoms with E-state index in [1.165, 1.54) is 18.7 Å². The van der Waals surface area contributed by atoms with Crippen LogP contribution in [0, 0.1) is 5.92 Å². The van der Waals surface area contributed by atoms with Gasteiger partial charge in [0.2, 0.25) is 0 Å². The molecule has 0 bridgehead atoms. The summed E-state index contributed by atoms with van der Waals surface area (Å²) in [5, 5.41) is 7.52. The molecular weight excluding hydrogens is 385 g/mol. The highest BCUT2D eigenvalue weighted by Gasteiger charge is 2.47. The van der Waals surface area contributed by atoms with Crippen molar-refractivity contribution in [3.05, 3.63) is 36.0 Å². The fourth-order valence-electron chi connectivity index (χ4n) is 4.04. The van der Waals surface area contributed by atoms with Gasteiger partial charge in [0.05, 0.1) is 11.3 Å². The van der Waals surface area contributed by atoms with E-state index in [-0.39, 0.29) is 30.2 Å². The number of likely N-dealkylation sites (tertiary alicyclic amines) is 1. The Kier molecular flexibility index (Phi) is 4.95. The van der Waals surface area contributed by atoms with Crippen molar-refractivity contribution in [1.82, 2.24) is 24.6 Å². The second kappa shape index (κ2) is 7.31. The van der Waals surface area contributed by atoms with E-state index in [1.54, 1.807) is 11.0 Å². The fourth-order valence-corrected chi connectivity index (χ4v) is 4.04. The molecule has 2 aromatic heterocycles. The van der Waals surface area contributed by atoms with Gasteiger partial charge in [-0.2, -0.15) is 18.3 Å². The zero-order valence-electron chi connectivity index (χ0n) is 16.2. The quantitative estimate of drug-likeness (QED) is 0.844. The number of nitrogens with one attached hydrogen (secondary N) is 1. The largest absolute Gasteiger partial charge is 0.410 e. The summed E-state index contributed by atoms with van der Waals surface area (Å²) in [6, 6.07) is -0.198. The highest BCUT2D eigenvalue weighted by Crippen LogP contribution is 2.42. The first-order valence-corrected chi connectivity index (χ1v) is 9.71. The summed E-state index contributed by atoms with van der Waals surface area (Å²) in [5.41, 5.74) is 0.988. The average molecular weight is 408 g/mol. The highest BCUT2D eigenvalue weighted by atomic mass is 19.4. The first-order valence-electron chi connectivity index (χ1n) is 9.71. The van der Waals surface area contributed by atoms with Crippen LogP contribution in [0.25, 0.3) is 0 Å². The van der Waals surface area contributed by atoms with Gasteiger partial charge in [0.1, 0.15) is 12.1 Å². The number of alkyl halides is 3. The lowest BCUT2D eigenvalue weighted by Crippen LogP contribution is -2.41. The molecule has 1 fully saturated rings. The van der Waals surface area contributed by atoms with Crippen molar-refractivity contribution < 1.29 is 18.0 Å². The maximum absolute atomic E-state index is 13.6. The predicted molar refractivity (Wildman–Crippen MR) is 99.5 cm³/mol. The Morgan fingerprint density at radius 1 is 1.28 bits per heavy atom. The molecule has 3 atom stereocenters. The normalized spacial score (nSPS) is 24.5. The topological polar surface area (TPSA) is 75.9 Å². The first-order chi connectivity index (χ1) is 13.7. The number of nitrogens with zero attached hydrogens (tertiary/aromatic N) is 5. The minimum atomic E-state index is -4.36. The van der Waals surface area contributed by atoms with E-state index in [0.29, 0.717) is 36.6 Å². The van der Waals surface area contributed by atoms with Crippen molar-refractivity contribution in [2.45, 2.75) is 50.9 Å². The molecule has 2 aliphatic heterocycles. The third kappa shape index (κ3) is 3.79. The van der Waals surface area contributed by atoms with Gasteiger partial charge in [-0.05, 0) is 18.8 Å². The number of carbonyl (C=O) groups excluding carboxylic acids is 1. The van der Waals surface area contributed by atoms with Gasteiger partial charge in [-0.25, -0.2) is 14.6 Å². The van der Waals surface area contributed by atoms with Crippen molar-refractivity contribution in [2.24, 2.45) is 5.92 Å². The molecule has 0 aromatic carbocycles. The minimum absolute atomic E-state index is 0.0431. The van der Waals surface area contributed by atoms with Crippen LogP contribution in [0.2, 0.25) is 0 Å². The lowest BCUT2D eigenvalue weighted by Gasteiger charge is -2.35. The van der Waals surface area contributed by atoms with Crippen LogP contribution in [0.15, 0.2) is 24.8 Å². The van der Waals surface area contributed by atoms with Crippen molar-refractivity contribution in [3.8, 4) is 0 Å². The van der Waals surface area contributed by atoms with Crippen LogP contribution < -0.4 is 5.32 Å². The molecule has 2 aromatic rings. The molecule has 4 rings (SSSR count). The van der Waals surface area contributed by atoms with Crippen LogP contribution >= 0.6 is 0 Å². The molecule has 1 unspecified atom stereocenters. The smallest absolute Gasteiger partial charge is 0.367 e. The lowest BCUT2D eigenvalue weighted by atomic mass is 9.94. The Morgan fingerprint density at radius 3 is 2.66 bits per heavy atom. The standard InChI is InChI=1S/C19H23F3N6O/c1-11(2)14-5-16(19(20,21)22)28-17(25-14)6-15(26-28)12-3-4-27(9-12)18(29)13-7-23-10-24-8-13/h6-8,10-12,14,16,25H,3-5,9H2,1-2H3/t12?,14-,16+/m0/s1. The molecule has 1 saturated heterocycles. The fraction of sp³-hybridized carbons (Fsp3) is 0.579. The molecule has 10 heteroatoms. The van der Waals surface area contributed by atoms with Crippen molar-refractivity contribution >= 4 is 11.7 Å². The molecule has 29 heavy (non-hydrogen) atoms. The van der Waals surface area contributed by atoms with E-state index in [1.807, 2.05) is 13.8 Å². The Bertz CT molecular complexity index is 882. The lowest BCUT2D eigenvalue weighted by molar-refractivity contribution is -0.174. The molecule has 0 radical (unpaired) electrons. The van der Waals surface area contributed by atoms with Gasteiger partial charge in [0, 0.05) is 43.5 Å². The molecule has 0 spiro atoms. The SMILES string of the molecule is CC(C)[C@@H]1C[C@H](C(F)(F)F)n2nc(C3CCN(C(=O)c4cncnc4)C3)cc2N1. The van der Waals surface area contributed by atoms with Crippen molar-refractivity contribution in [1.29, 1.82) is 0 Å². The third-order valence-electron chi connectivity index (χ3n) is 5.74. The van der Waals surface area contributed by atoms with Gasteiger partial charge < -0.3 is 10.2 Å². The van der Waals surface area contributed by atoms with E-state index >= 15 is 0 Å². The molecule has 7 nitrogen and oxygen atoms in total. The van der Waals surface area contributed by atoms with Crippen LogP contribution in [0.5, 0.6) is 0 Å². The van der Waals surface area contributed by atoms with Crippen molar-refractivity contribution in [2.75, 3.05) is 18.4 Å². The second-order valence-corrected chi connectivity index (χ2v) is 8.05. The second-order valence-electron chi connectivity index (χ2n) is 8.05. The number of hydrogen-bond donors (Lipinski definition) is 1. The Hall–Kier alpha value is -2.65. The molecular formula is C19H23F3N6O.